The van der Waals surface area contributed by atoms with Crippen LogP contribution in [0, 0.1) is 31.8 Å². The van der Waals surface area contributed by atoms with Crippen LogP contribution >= 0.6 is 22.7 Å². The van der Waals surface area contributed by atoms with Crippen LogP contribution in [0.3, 0.4) is 0 Å². The molecule has 296 valence electrons. The highest BCUT2D eigenvalue weighted by molar-refractivity contribution is 7.16. The Hall–Kier alpha value is -7.82. The number of nitriles is 1. The molecule has 7 aromatic rings. The highest BCUT2D eigenvalue weighted by atomic mass is 32.1. The largest absolute Gasteiger partial charge is 0.486 e. The molecular formula is C52H37N3O4S2. The molecule has 5 aromatic carbocycles. The molecule has 7 rings (SSSR count). The Labute approximate surface area is 362 Å². The number of carboxylic acids is 2. The first-order valence-electron chi connectivity index (χ1n) is 19.1. The summed E-state index contributed by atoms with van der Waals surface area (Å²) >= 11 is 2.88. The fourth-order valence-corrected chi connectivity index (χ4v) is 8.49. The van der Waals surface area contributed by atoms with Crippen LogP contribution in [0.5, 0.6) is 0 Å². The van der Waals surface area contributed by atoms with Crippen LogP contribution in [-0.2, 0) is 9.59 Å². The van der Waals surface area contributed by atoms with E-state index in [1.807, 2.05) is 60.7 Å². The molecule has 2 heterocycles. The summed E-state index contributed by atoms with van der Waals surface area (Å²) in [6.07, 6.45) is 11.1. The Bertz CT molecular complexity index is 2760. The lowest BCUT2D eigenvalue weighted by Crippen LogP contribution is -2.11. The van der Waals surface area contributed by atoms with Gasteiger partial charge in [0.1, 0.15) is 11.6 Å². The molecule has 0 radical (unpaired) electrons. The number of nitrogens with zero attached hydrogens (tertiary/aromatic N) is 3. The molecule has 0 atom stereocenters. The number of carbonyl (C=O) groups is 2. The number of carboxylic acid groups (broad SMARTS) is 2. The van der Waals surface area contributed by atoms with E-state index in [1.54, 1.807) is 6.07 Å². The van der Waals surface area contributed by atoms with E-state index in [1.165, 1.54) is 46.0 Å². The van der Waals surface area contributed by atoms with Crippen molar-refractivity contribution in [3.05, 3.63) is 205 Å². The highest BCUT2D eigenvalue weighted by Gasteiger charge is 2.15. The molecule has 0 saturated heterocycles. The van der Waals surface area contributed by atoms with Crippen LogP contribution in [-0.4, -0.2) is 22.2 Å². The minimum atomic E-state index is -1.24. The summed E-state index contributed by atoms with van der Waals surface area (Å²) in [6.45, 7) is 11.3. The second kappa shape index (κ2) is 18.8. The molecule has 0 aliphatic carbocycles. The molecule has 0 aliphatic heterocycles. The third-order valence-corrected chi connectivity index (χ3v) is 11.9. The summed E-state index contributed by atoms with van der Waals surface area (Å²) in [4.78, 5) is 31.2. The number of aryl methyl sites for hydroxylation is 2. The molecule has 0 amide bonds. The standard InChI is InChI=1S/C52H37N3O4S2/c1-34-4-27-48(35(2)30-34)55(43-21-13-38(14-22-43)7-5-36-9-17-40(18-10-36)49-28-25-45(60-49)31-42(33-53)51(56)57)44-23-15-39(16-24-44)8-6-37-11-19-41(20-12-37)50-29-26-46(61-50)32-47(54-3)52(58)59/h4-32H,1-2H3,(H,56,57)(H,58,59)/b7-5+,8-6+,42-31-,47-32-. The van der Waals surface area contributed by atoms with E-state index in [2.05, 4.69) is 127 Å². The Kier molecular flexibility index (Phi) is 12.8. The van der Waals surface area contributed by atoms with Crippen molar-refractivity contribution in [2.75, 3.05) is 4.90 Å². The smallest absolute Gasteiger partial charge is 0.346 e. The van der Waals surface area contributed by atoms with E-state index in [9.17, 15) is 14.7 Å². The van der Waals surface area contributed by atoms with Gasteiger partial charge in [-0.1, -0.05) is 115 Å². The van der Waals surface area contributed by atoms with Gasteiger partial charge in [-0.3, -0.25) is 4.79 Å². The summed E-state index contributed by atoms with van der Waals surface area (Å²) in [7, 11) is 0. The van der Waals surface area contributed by atoms with Gasteiger partial charge in [-0.05, 0) is 120 Å². The minimum absolute atomic E-state index is 0.291. The summed E-state index contributed by atoms with van der Waals surface area (Å²) in [6, 6.07) is 49.1. The molecule has 2 N–H and O–H groups in total. The molecule has 0 spiro atoms. The maximum Gasteiger partial charge on any atom is 0.346 e. The summed E-state index contributed by atoms with van der Waals surface area (Å²) < 4.78 is 0. The Morgan fingerprint density at radius 1 is 0.607 bits per heavy atom. The quantitative estimate of drug-likeness (QED) is 0.0519. The van der Waals surface area contributed by atoms with Gasteiger partial charge in [-0.25, -0.2) is 9.64 Å². The maximum atomic E-state index is 11.2. The molecule has 0 saturated carbocycles. The van der Waals surface area contributed by atoms with Gasteiger partial charge >= 0.3 is 11.9 Å². The van der Waals surface area contributed by atoms with Crippen LogP contribution < -0.4 is 4.90 Å². The zero-order valence-electron chi connectivity index (χ0n) is 33.1. The van der Waals surface area contributed by atoms with E-state index in [0.717, 1.165) is 65.1 Å². The average molecular weight is 832 g/mol. The topological polar surface area (TPSA) is 106 Å². The zero-order chi connectivity index (χ0) is 42.9. The number of benzene rings is 5. The number of rotatable bonds is 13. The van der Waals surface area contributed by atoms with Crippen LogP contribution in [0.15, 0.2) is 151 Å². The van der Waals surface area contributed by atoms with Gasteiger partial charge in [0.05, 0.1) is 6.57 Å². The van der Waals surface area contributed by atoms with Crippen molar-refractivity contribution in [3.63, 3.8) is 0 Å². The van der Waals surface area contributed by atoms with E-state index in [0.29, 0.717) is 4.88 Å². The van der Waals surface area contributed by atoms with Crippen LogP contribution in [0.4, 0.5) is 17.1 Å². The van der Waals surface area contributed by atoms with Gasteiger partial charge in [0, 0.05) is 36.6 Å². The van der Waals surface area contributed by atoms with Gasteiger partial charge in [-0.15, -0.1) is 22.7 Å². The van der Waals surface area contributed by atoms with Crippen molar-refractivity contribution in [2.24, 2.45) is 0 Å². The third kappa shape index (κ3) is 10.3. The number of anilines is 3. The van der Waals surface area contributed by atoms with Crippen molar-refractivity contribution < 1.29 is 19.8 Å². The van der Waals surface area contributed by atoms with Gasteiger partial charge in [0.2, 0.25) is 0 Å². The van der Waals surface area contributed by atoms with Crippen LogP contribution in [0.2, 0.25) is 0 Å². The van der Waals surface area contributed by atoms with E-state index in [-0.39, 0.29) is 11.3 Å². The molecule has 2 aromatic heterocycles. The Morgan fingerprint density at radius 2 is 1.05 bits per heavy atom. The molecule has 9 heteroatoms. The zero-order valence-corrected chi connectivity index (χ0v) is 34.7. The SMILES string of the molecule is [C-]#[N+]/C(=C\c1ccc(-c2ccc(/C=C/c3ccc(N(c4ccc(/C=C/c5ccc(-c6ccc(/C=C(/C#N)C(=O)O)s6)cc5)cc4)c4ccc(C)cc4C)cc3)cc2)s1)C(=O)O. The van der Waals surface area contributed by atoms with Crippen molar-refractivity contribution in [2.45, 2.75) is 13.8 Å². The summed E-state index contributed by atoms with van der Waals surface area (Å²) in [5.74, 6) is -2.46. The molecule has 7 nitrogen and oxygen atoms in total. The van der Waals surface area contributed by atoms with Crippen molar-refractivity contribution >= 4 is 88.1 Å². The summed E-state index contributed by atoms with van der Waals surface area (Å²) in [5.41, 5.74) is 11.2. The number of thiophene rings is 2. The molecular weight excluding hydrogens is 795 g/mol. The Morgan fingerprint density at radius 3 is 1.44 bits per heavy atom. The predicted octanol–water partition coefficient (Wildman–Crippen LogP) is 13.9. The van der Waals surface area contributed by atoms with Crippen LogP contribution in [0.1, 0.15) is 43.1 Å². The monoisotopic (exact) mass is 831 g/mol. The first kappa shape index (κ1) is 41.3. The maximum absolute atomic E-state index is 11.2. The first-order valence-corrected chi connectivity index (χ1v) is 20.7. The van der Waals surface area contributed by atoms with Crippen molar-refractivity contribution in [1.82, 2.24) is 0 Å². The lowest BCUT2D eigenvalue weighted by molar-refractivity contribution is -0.133. The predicted molar refractivity (Wildman–Crippen MR) is 251 cm³/mol. The third-order valence-electron chi connectivity index (χ3n) is 9.73. The first-order chi connectivity index (χ1) is 29.6. The normalized spacial score (nSPS) is 11.7. The molecule has 0 unspecified atom stereocenters. The minimum Gasteiger partial charge on any atom is -0.486 e. The van der Waals surface area contributed by atoms with Crippen molar-refractivity contribution in [3.8, 4) is 27.0 Å². The van der Waals surface area contributed by atoms with E-state index >= 15 is 0 Å². The van der Waals surface area contributed by atoms with Gasteiger partial charge in [-0.2, -0.15) is 5.26 Å². The van der Waals surface area contributed by atoms with E-state index < -0.39 is 11.9 Å². The number of aliphatic carboxylic acids is 2. The number of hydrogen-bond acceptors (Lipinski definition) is 6. The Balaban J connectivity index is 1.04. The van der Waals surface area contributed by atoms with E-state index in [4.69, 9.17) is 16.9 Å². The lowest BCUT2D eigenvalue weighted by atomic mass is 10.1. The van der Waals surface area contributed by atoms with Gasteiger partial charge in [0.15, 0.2) is 0 Å². The highest BCUT2D eigenvalue weighted by Crippen LogP contribution is 2.38. The molecule has 0 aliphatic rings. The fourth-order valence-electron chi connectivity index (χ4n) is 6.59. The van der Waals surface area contributed by atoms with Gasteiger partial charge < -0.3 is 15.1 Å². The lowest BCUT2D eigenvalue weighted by Gasteiger charge is -2.27. The molecule has 0 fully saturated rings. The second-order valence-electron chi connectivity index (χ2n) is 14.0. The van der Waals surface area contributed by atoms with Gasteiger partial charge in [0.25, 0.3) is 5.70 Å². The fraction of sp³-hybridized carbons (Fsp3) is 0.0385. The van der Waals surface area contributed by atoms with Crippen molar-refractivity contribution in [1.29, 1.82) is 5.26 Å². The second-order valence-corrected chi connectivity index (χ2v) is 16.3. The summed E-state index contributed by atoms with van der Waals surface area (Å²) in [5, 5.41) is 27.4. The molecule has 0 bridgehead atoms. The molecule has 61 heavy (non-hydrogen) atoms. The van der Waals surface area contributed by atoms with Crippen LogP contribution in [0.25, 0.3) is 62.2 Å². The number of hydrogen-bond donors (Lipinski definition) is 2. The average Bonchev–Trinajstić information content (AvgIpc) is 3.95.